The molecule has 0 aromatic heterocycles. The molecule has 0 bridgehead atoms. The average molecular weight is 382 g/mol. The third kappa shape index (κ3) is 5.14. The Morgan fingerprint density at radius 3 is 2.59 bits per heavy atom. The first-order valence-corrected chi connectivity index (χ1v) is 8.76. The second-order valence-electron chi connectivity index (χ2n) is 4.86. The lowest BCUT2D eigenvalue weighted by Gasteiger charge is -2.15. The molecule has 0 aliphatic heterocycles. The Balaban J connectivity index is 1.78. The first-order chi connectivity index (χ1) is 10.6. The van der Waals surface area contributed by atoms with Gasteiger partial charge < -0.3 is 5.32 Å². The minimum absolute atomic E-state index is 0.0119. The summed E-state index contributed by atoms with van der Waals surface area (Å²) >= 11 is 5.04. The highest BCUT2D eigenvalue weighted by Gasteiger charge is 2.11. The van der Waals surface area contributed by atoms with Gasteiger partial charge in [0.05, 0.1) is 6.04 Å². The molecule has 0 fully saturated rings. The zero-order valence-electron chi connectivity index (χ0n) is 12.2. The largest absolute Gasteiger partial charge is 0.350 e. The van der Waals surface area contributed by atoms with E-state index in [1.54, 1.807) is 23.9 Å². The number of thioether (sulfide) groups is 1. The fraction of sp³-hybridized carbons (Fsp3) is 0.235. The summed E-state index contributed by atoms with van der Waals surface area (Å²) in [5.41, 5.74) is 1.06. The lowest BCUT2D eigenvalue weighted by molar-refractivity contribution is -0.121. The summed E-state index contributed by atoms with van der Waals surface area (Å²) < 4.78 is 13.8. The summed E-state index contributed by atoms with van der Waals surface area (Å²) in [7, 11) is 0. The van der Waals surface area contributed by atoms with E-state index in [-0.39, 0.29) is 17.8 Å². The lowest BCUT2D eigenvalue weighted by Crippen LogP contribution is -2.27. The molecule has 1 N–H and O–H groups in total. The predicted molar refractivity (Wildman–Crippen MR) is 92.4 cm³/mol. The number of carbonyl (C=O) groups excluding carboxylic acids is 1. The van der Waals surface area contributed by atoms with Crippen molar-refractivity contribution in [3.63, 3.8) is 0 Å². The monoisotopic (exact) mass is 381 g/mol. The Morgan fingerprint density at radius 2 is 1.91 bits per heavy atom. The molecule has 0 aliphatic carbocycles. The van der Waals surface area contributed by atoms with Gasteiger partial charge in [0, 0.05) is 21.5 Å². The molecule has 0 unspecified atom stereocenters. The number of hydrogen-bond acceptors (Lipinski definition) is 2. The number of rotatable bonds is 6. The predicted octanol–water partition coefficient (Wildman–Crippen LogP) is 4.95. The SMILES string of the molecule is C[C@H](NC(=O)CCSc1ccc(F)cc1)c1ccccc1Br. The van der Waals surface area contributed by atoms with Gasteiger partial charge in [0.25, 0.3) is 0 Å². The van der Waals surface area contributed by atoms with Crippen molar-refractivity contribution in [3.05, 3.63) is 64.4 Å². The fourth-order valence-electron chi connectivity index (χ4n) is 2.01. The van der Waals surface area contributed by atoms with E-state index in [0.717, 1.165) is 14.9 Å². The third-order valence-electron chi connectivity index (χ3n) is 3.16. The molecule has 0 spiro atoms. The Kier molecular flexibility index (Phi) is 6.46. The van der Waals surface area contributed by atoms with Crippen molar-refractivity contribution >= 4 is 33.6 Å². The summed E-state index contributed by atoms with van der Waals surface area (Å²) in [5.74, 6) is 0.433. The van der Waals surface area contributed by atoms with Crippen LogP contribution in [0, 0.1) is 5.82 Å². The van der Waals surface area contributed by atoms with Crippen molar-refractivity contribution in [2.45, 2.75) is 24.3 Å². The van der Waals surface area contributed by atoms with Gasteiger partial charge in [0.15, 0.2) is 0 Å². The van der Waals surface area contributed by atoms with Gasteiger partial charge in [-0.2, -0.15) is 0 Å². The van der Waals surface area contributed by atoms with Crippen LogP contribution in [0.5, 0.6) is 0 Å². The maximum absolute atomic E-state index is 12.8. The molecule has 0 saturated carbocycles. The first-order valence-electron chi connectivity index (χ1n) is 6.98. The summed E-state index contributed by atoms with van der Waals surface area (Å²) in [5, 5.41) is 2.99. The average Bonchev–Trinajstić information content (AvgIpc) is 2.49. The van der Waals surface area contributed by atoms with Gasteiger partial charge in [0.1, 0.15) is 5.82 Å². The van der Waals surface area contributed by atoms with E-state index in [2.05, 4.69) is 21.2 Å². The molecule has 116 valence electrons. The highest BCUT2D eigenvalue weighted by molar-refractivity contribution is 9.10. The normalized spacial score (nSPS) is 12.0. The van der Waals surface area contributed by atoms with Crippen LogP contribution < -0.4 is 5.32 Å². The lowest BCUT2D eigenvalue weighted by atomic mass is 10.1. The molecular weight excluding hydrogens is 365 g/mol. The van der Waals surface area contributed by atoms with Crippen LogP contribution in [0.2, 0.25) is 0 Å². The van der Waals surface area contributed by atoms with E-state index < -0.39 is 0 Å². The maximum Gasteiger partial charge on any atom is 0.221 e. The van der Waals surface area contributed by atoms with Crippen LogP contribution in [0.3, 0.4) is 0 Å². The fourth-order valence-corrected chi connectivity index (χ4v) is 3.49. The molecule has 2 nitrogen and oxygen atoms in total. The number of amides is 1. The van der Waals surface area contributed by atoms with Crippen LogP contribution in [-0.4, -0.2) is 11.7 Å². The van der Waals surface area contributed by atoms with E-state index in [0.29, 0.717) is 12.2 Å². The summed E-state index contributed by atoms with van der Waals surface area (Å²) in [4.78, 5) is 12.9. The molecule has 0 heterocycles. The van der Waals surface area contributed by atoms with Gasteiger partial charge in [-0.1, -0.05) is 34.1 Å². The van der Waals surface area contributed by atoms with Crippen LogP contribution in [0.25, 0.3) is 0 Å². The van der Waals surface area contributed by atoms with Crippen molar-refractivity contribution in [2.75, 3.05) is 5.75 Å². The Hall–Kier alpha value is -1.33. The highest BCUT2D eigenvalue weighted by atomic mass is 79.9. The van der Waals surface area contributed by atoms with Crippen LogP contribution in [0.1, 0.15) is 24.9 Å². The Morgan fingerprint density at radius 1 is 1.23 bits per heavy atom. The summed E-state index contributed by atoms with van der Waals surface area (Å²) in [6.45, 7) is 1.96. The molecule has 22 heavy (non-hydrogen) atoms. The van der Waals surface area contributed by atoms with Gasteiger partial charge in [0.2, 0.25) is 5.91 Å². The molecule has 0 radical (unpaired) electrons. The van der Waals surface area contributed by atoms with Crippen LogP contribution in [-0.2, 0) is 4.79 Å². The maximum atomic E-state index is 12.8. The number of nitrogens with one attached hydrogen (secondary N) is 1. The van der Waals surface area contributed by atoms with E-state index >= 15 is 0 Å². The summed E-state index contributed by atoms with van der Waals surface area (Å²) in [6.07, 6.45) is 0.427. The van der Waals surface area contributed by atoms with Crippen molar-refractivity contribution in [1.82, 2.24) is 5.32 Å². The quantitative estimate of drug-likeness (QED) is 0.717. The molecule has 0 saturated heterocycles. The molecule has 1 atom stereocenters. The van der Waals surface area contributed by atoms with E-state index in [4.69, 9.17) is 0 Å². The van der Waals surface area contributed by atoms with Gasteiger partial charge in [-0.15, -0.1) is 11.8 Å². The zero-order chi connectivity index (χ0) is 15.9. The van der Waals surface area contributed by atoms with Crippen molar-refractivity contribution < 1.29 is 9.18 Å². The van der Waals surface area contributed by atoms with Crippen molar-refractivity contribution in [2.24, 2.45) is 0 Å². The van der Waals surface area contributed by atoms with E-state index in [1.165, 1.54) is 12.1 Å². The van der Waals surface area contributed by atoms with Crippen LogP contribution in [0.15, 0.2) is 57.9 Å². The number of benzene rings is 2. The molecule has 2 aromatic rings. The van der Waals surface area contributed by atoms with Gasteiger partial charge in [-0.05, 0) is 42.8 Å². The van der Waals surface area contributed by atoms with Gasteiger partial charge >= 0.3 is 0 Å². The molecule has 5 heteroatoms. The first kappa shape index (κ1) is 17.0. The van der Waals surface area contributed by atoms with Crippen LogP contribution in [0.4, 0.5) is 4.39 Å². The van der Waals surface area contributed by atoms with Crippen LogP contribution >= 0.6 is 27.7 Å². The van der Waals surface area contributed by atoms with Crippen molar-refractivity contribution in [3.8, 4) is 0 Å². The second-order valence-corrected chi connectivity index (χ2v) is 6.89. The Bertz CT molecular complexity index is 633. The number of hydrogen-bond donors (Lipinski definition) is 1. The molecule has 1 amide bonds. The third-order valence-corrected chi connectivity index (χ3v) is 4.90. The number of carbonyl (C=O) groups is 1. The van der Waals surface area contributed by atoms with Gasteiger partial charge in [-0.25, -0.2) is 4.39 Å². The molecule has 2 rings (SSSR count). The smallest absolute Gasteiger partial charge is 0.221 e. The van der Waals surface area contributed by atoms with Crippen molar-refractivity contribution in [1.29, 1.82) is 0 Å². The minimum Gasteiger partial charge on any atom is -0.350 e. The Labute approximate surface area is 142 Å². The topological polar surface area (TPSA) is 29.1 Å². The minimum atomic E-state index is -0.246. The number of halogens is 2. The standard InChI is InChI=1S/C17H17BrFNOS/c1-12(15-4-2-3-5-16(15)18)20-17(21)10-11-22-14-8-6-13(19)7-9-14/h2-9,12H,10-11H2,1H3,(H,20,21)/t12-/m0/s1. The molecule has 0 aliphatic rings. The highest BCUT2D eigenvalue weighted by Crippen LogP contribution is 2.23. The summed E-state index contributed by atoms with van der Waals surface area (Å²) in [6, 6.07) is 14.1. The second kappa shape index (κ2) is 8.34. The van der Waals surface area contributed by atoms with E-state index in [1.807, 2.05) is 31.2 Å². The van der Waals surface area contributed by atoms with E-state index in [9.17, 15) is 9.18 Å². The van der Waals surface area contributed by atoms with Gasteiger partial charge in [-0.3, -0.25) is 4.79 Å². The molecule has 2 aromatic carbocycles. The zero-order valence-corrected chi connectivity index (χ0v) is 14.6. The molecular formula is C17H17BrFNOS.